The molecule has 0 spiro atoms. The van der Waals surface area contributed by atoms with Gasteiger partial charge in [0.25, 0.3) is 0 Å². The smallest absolute Gasteiger partial charge is 0.191 e. The van der Waals surface area contributed by atoms with E-state index < -0.39 is 11.6 Å². The van der Waals surface area contributed by atoms with Gasteiger partial charge in [-0.05, 0) is 37.6 Å². The van der Waals surface area contributed by atoms with Gasteiger partial charge in [-0.25, -0.2) is 13.8 Å². The van der Waals surface area contributed by atoms with E-state index >= 15 is 0 Å². The molecule has 1 aromatic carbocycles. The molecule has 122 valence electrons. The lowest BCUT2D eigenvalue weighted by Gasteiger charge is -2.11. The standard InChI is InChI=1S/C17H19F2N3O/c1-2-20-17(21-10-11-5-4-8-23-11)22-15-9-12(15)16-13(18)6-3-7-14(16)19/h3-8,12,15H,2,9-10H2,1H3,(H2,20,21,22). The van der Waals surface area contributed by atoms with Gasteiger partial charge in [0.15, 0.2) is 5.96 Å². The second-order valence-corrected chi connectivity index (χ2v) is 5.50. The number of hydrogen-bond donors (Lipinski definition) is 2. The summed E-state index contributed by atoms with van der Waals surface area (Å²) in [5, 5.41) is 6.35. The van der Waals surface area contributed by atoms with Crippen molar-refractivity contribution >= 4 is 5.96 Å². The van der Waals surface area contributed by atoms with Crippen molar-refractivity contribution in [2.24, 2.45) is 4.99 Å². The fraction of sp³-hybridized carbons (Fsp3) is 0.353. The van der Waals surface area contributed by atoms with Crippen molar-refractivity contribution in [3.05, 3.63) is 59.6 Å². The topological polar surface area (TPSA) is 49.6 Å². The SMILES string of the molecule is CCNC(=NCc1ccco1)NC1CC1c1c(F)cccc1F. The summed E-state index contributed by atoms with van der Waals surface area (Å²) in [6.45, 7) is 3.08. The van der Waals surface area contributed by atoms with Gasteiger partial charge in [-0.1, -0.05) is 6.07 Å². The van der Waals surface area contributed by atoms with Crippen LogP contribution in [0, 0.1) is 11.6 Å². The van der Waals surface area contributed by atoms with Crippen LogP contribution >= 0.6 is 0 Å². The quantitative estimate of drug-likeness (QED) is 0.657. The normalized spacial score (nSPS) is 20.4. The molecule has 1 aromatic heterocycles. The van der Waals surface area contributed by atoms with Crippen LogP contribution in [0.25, 0.3) is 0 Å². The van der Waals surface area contributed by atoms with Crippen LogP contribution in [0.3, 0.4) is 0 Å². The van der Waals surface area contributed by atoms with Gasteiger partial charge < -0.3 is 15.1 Å². The molecule has 0 radical (unpaired) electrons. The summed E-state index contributed by atoms with van der Waals surface area (Å²) in [5.41, 5.74) is 0.159. The summed E-state index contributed by atoms with van der Waals surface area (Å²) < 4.78 is 32.9. The fourth-order valence-electron chi connectivity index (χ4n) is 2.59. The number of nitrogens with zero attached hydrogens (tertiary/aromatic N) is 1. The van der Waals surface area contributed by atoms with Gasteiger partial charge in [-0.3, -0.25) is 0 Å². The Morgan fingerprint density at radius 3 is 2.70 bits per heavy atom. The zero-order valence-corrected chi connectivity index (χ0v) is 12.9. The van der Waals surface area contributed by atoms with Crippen LogP contribution in [-0.4, -0.2) is 18.5 Å². The molecule has 0 amide bonds. The number of aliphatic imine (C=N–C) groups is 1. The Morgan fingerprint density at radius 1 is 1.26 bits per heavy atom. The average molecular weight is 319 g/mol. The predicted molar refractivity (Wildman–Crippen MR) is 84.2 cm³/mol. The predicted octanol–water partition coefficient (Wildman–Crippen LogP) is 3.17. The lowest BCUT2D eigenvalue weighted by atomic mass is 10.1. The van der Waals surface area contributed by atoms with E-state index in [1.807, 2.05) is 19.1 Å². The van der Waals surface area contributed by atoms with E-state index in [1.165, 1.54) is 18.2 Å². The Morgan fingerprint density at radius 2 is 2.04 bits per heavy atom. The lowest BCUT2D eigenvalue weighted by molar-refractivity contribution is 0.512. The molecular formula is C17H19F2N3O. The molecular weight excluding hydrogens is 300 g/mol. The zero-order valence-electron chi connectivity index (χ0n) is 12.9. The van der Waals surface area contributed by atoms with E-state index in [4.69, 9.17) is 4.42 Å². The monoisotopic (exact) mass is 319 g/mol. The number of halogens is 2. The van der Waals surface area contributed by atoms with E-state index in [0.29, 0.717) is 25.5 Å². The number of hydrogen-bond acceptors (Lipinski definition) is 2. The molecule has 1 fully saturated rings. The number of benzene rings is 1. The van der Waals surface area contributed by atoms with Crippen LogP contribution in [0.4, 0.5) is 8.78 Å². The van der Waals surface area contributed by atoms with Crippen LogP contribution in [0.1, 0.15) is 30.6 Å². The maximum absolute atomic E-state index is 13.8. The first kappa shape index (κ1) is 15.5. The maximum Gasteiger partial charge on any atom is 0.191 e. The van der Waals surface area contributed by atoms with Crippen molar-refractivity contribution in [3.63, 3.8) is 0 Å². The first-order chi connectivity index (χ1) is 11.2. The number of rotatable bonds is 5. The Balaban J connectivity index is 1.64. The van der Waals surface area contributed by atoms with Crippen molar-refractivity contribution in [1.82, 2.24) is 10.6 Å². The van der Waals surface area contributed by atoms with Gasteiger partial charge in [-0.15, -0.1) is 0 Å². The maximum atomic E-state index is 13.8. The van der Waals surface area contributed by atoms with E-state index in [2.05, 4.69) is 15.6 Å². The zero-order chi connectivity index (χ0) is 16.2. The fourth-order valence-corrected chi connectivity index (χ4v) is 2.59. The van der Waals surface area contributed by atoms with E-state index in [9.17, 15) is 8.78 Å². The number of guanidine groups is 1. The molecule has 1 aliphatic rings. The molecule has 0 saturated heterocycles. The van der Waals surface area contributed by atoms with Crippen LogP contribution in [0.5, 0.6) is 0 Å². The molecule has 2 aromatic rings. The van der Waals surface area contributed by atoms with Crippen molar-refractivity contribution in [2.45, 2.75) is 31.8 Å². The molecule has 3 rings (SSSR count). The highest BCUT2D eigenvalue weighted by Gasteiger charge is 2.42. The highest BCUT2D eigenvalue weighted by molar-refractivity contribution is 5.80. The Hall–Kier alpha value is -2.37. The largest absolute Gasteiger partial charge is 0.467 e. The summed E-state index contributed by atoms with van der Waals surface area (Å²) in [6.07, 6.45) is 2.28. The minimum absolute atomic E-state index is 0.0178. The van der Waals surface area contributed by atoms with Crippen LogP contribution in [0.15, 0.2) is 46.0 Å². The highest BCUT2D eigenvalue weighted by atomic mass is 19.1. The Labute approximate surface area is 133 Å². The third-order valence-electron chi connectivity index (χ3n) is 3.80. The van der Waals surface area contributed by atoms with E-state index in [0.717, 1.165) is 5.76 Å². The Bertz CT molecular complexity index is 665. The molecule has 1 saturated carbocycles. The lowest BCUT2D eigenvalue weighted by Crippen LogP contribution is -2.39. The molecule has 6 heteroatoms. The minimum atomic E-state index is -0.489. The van der Waals surface area contributed by atoms with Crippen molar-refractivity contribution < 1.29 is 13.2 Å². The van der Waals surface area contributed by atoms with Gasteiger partial charge in [0, 0.05) is 24.1 Å². The van der Waals surface area contributed by atoms with Crippen LogP contribution in [0.2, 0.25) is 0 Å². The number of furan rings is 1. The minimum Gasteiger partial charge on any atom is -0.467 e. The molecule has 2 unspecified atom stereocenters. The van der Waals surface area contributed by atoms with Gasteiger partial charge >= 0.3 is 0 Å². The van der Waals surface area contributed by atoms with E-state index in [-0.39, 0.29) is 17.5 Å². The molecule has 0 aliphatic heterocycles. The summed E-state index contributed by atoms with van der Waals surface area (Å²) >= 11 is 0. The third kappa shape index (κ3) is 3.70. The van der Waals surface area contributed by atoms with Crippen LogP contribution < -0.4 is 10.6 Å². The van der Waals surface area contributed by atoms with Crippen molar-refractivity contribution in [3.8, 4) is 0 Å². The summed E-state index contributed by atoms with van der Waals surface area (Å²) in [5.74, 6) is 0.236. The summed E-state index contributed by atoms with van der Waals surface area (Å²) in [6, 6.07) is 7.61. The van der Waals surface area contributed by atoms with Gasteiger partial charge in [0.2, 0.25) is 0 Å². The second-order valence-electron chi connectivity index (χ2n) is 5.50. The Kier molecular flexibility index (Phi) is 4.60. The van der Waals surface area contributed by atoms with Gasteiger partial charge in [0.1, 0.15) is 23.9 Å². The van der Waals surface area contributed by atoms with Crippen LogP contribution in [-0.2, 0) is 6.54 Å². The van der Waals surface area contributed by atoms with E-state index in [1.54, 1.807) is 6.26 Å². The third-order valence-corrected chi connectivity index (χ3v) is 3.80. The molecule has 2 N–H and O–H groups in total. The average Bonchev–Trinajstić information content (AvgIpc) is 3.06. The molecule has 23 heavy (non-hydrogen) atoms. The highest BCUT2D eigenvalue weighted by Crippen LogP contribution is 2.43. The van der Waals surface area contributed by atoms with Crippen molar-refractivity contribution in [1.29, 1.82) is 0 Å². The van der Waals surface area contributed by atoms with Crippen molar-refractivity contribution in [2.75, 3.05) is 6.54 Å². The molecule has 4 nitrogen and oxygen atoms in total. The second kappa shape index (κ2) is 6.81. The molecule has 0 bridgehead atoms. The van der Waals surface area contributed by atoms with Gasteiger partial charge in [-0.2, -0.15) is 0 Å². The summed E-state index contributed by atoms with van der Waals surface area (Å²) in [4.78, 5) is 4.42. The summed E-state index contributed by atoms with van der Waals surface area (Å²) in [7, 11) is 0. The number of nitrogens with one attached hydrogen (secondary N) is 2. The molecule has 1 heterocycles. The molecule has 1 aliphatic carbocycles. The first-order valence-corrected chi connectivity index (χ1v) is 7.70. The first-order valence-electron chi connectivity index (χ1n) is 7.70. The molecule has 2 atom stereocenters. The van der Waals surface area contributed by atoms with Gasteiger partial charge in [0.05, 0.1) is 6.26 Å².